The predicted octanol–water partition coefficient (Wildman–Crippen LogP) is 5.87. The molecule has 1 aliphatic carbocycles. The minimum Gasteiger partial charge on any atom is -0.400 e. The molecule has 1 saturated carbocycles. The maximum absolute atomic E-state index is 11.7. The zero-order chi connectivity index (χ0) is 28.2. The highest BCUT2D eigenvalue weighted by Crippen LogP contribution is 2.36. The third kappa shape index (κ3) is 8.39. The van der Waals surface area contributed by atoms with Crippen LogP contribution in [0.1, 0.15) is 91.5 Å². The first-order chi connectivity index (χ1) is 19.0. The molecule has 4 rings (SSSR count). The van der Waals surface area contributed by atoms with E-state index in [0.29, 0.717) is 12.3 Å². The van der Waals surface area contributed by atoms with Gasteiger partial charge in [0.2, 0.25) is 0 Å². The van der Waals surface area contributed by atoms with Crippen molar-refractivity contribution in [3.63, 3.8) is 0 Å². The third-order valence-electron chi connectivity index (χ3n) is 8.79. The number of nitrogens with two attached hydrogens (primary N) is 1. The van der Waals surface area contributed by atoms with Crippen molar-refractivity contribution in [2.45, 2.75) is 83.6 Å². The minimum absolute atomic E-state index is 0.0213. The standard InChI is InChI=1S/C32H45N3O2.CH4O/c1-23-29(30(16-19-36)27-12-11-26-15-18-35(2)21-28(26)20-27)13-14-31(32(23)33)34-17-5-3-4-6-24-7-9-25(22-37)10-8-24;1-2/h11-14,19-20,22,24-25,30,34H,3-10,15-18,21,33H2,1-2H3;2H,1H3. The van der Waals surface area contributed by atoms with Crippen LogP contribution in [0.5, 0.6) is 0 Å². The number of carbonyl (C=O) groups is 2. The highest BCUT2D eigenvalue weighted by molar-refractivity contribution is 5.72. The van der Waals surface area contributed by atoms with Gasteiger partial charge in [-0.3, -0.25) is 0 Å². The summed E-state index contributed by atoms with van der Waals surface area (Å²) in [7, 11) is 3.16. The summed E-state index contributed by atoms with van der Waals surface area (Å²) >= 11 is 0. The van der Waals surface area contributed by atoms with Crippen molar-refractivity contribution in [3.05, 3.63) is 58.1 Å². The number of hydrogen-bond donors (Lipinski definition) is 3. The van der Waals surface area contributed by atoms with Gasteiger partial charge in [0.25, 0.3) is 0 Å². The number of likely N-dealkylation sites (N-methyl/N-ethyl adjacent to an activating group) is 1. The van der Waals surface area contributed by atoms with Gasteiger partial charge in [-0.2, -0.15) is 0 Å². The summed E-state index contributed by atoms with van der Waals surface area (Å²) in [6.07, 6.45) is 13.2. The van der Waals surface area contributed by atoms with E-state index in [4.69, 9.17) is 10.8 Å². The van der Waals surface area contributed by atoms with Crippen LogP contribution in [0.2, 0.25) is 0 Å². The average Bonchev–Trinajstić information content (AvgIpc) is 2.97. The van der Waals surface area contributed by atoms with Crippen molar-refractivity contribution < 1.29 is 14.7 Å². The fourth-order valence-electron chi connectivity index (χ4n) is 6.32. The summed E-state index contributed by atoms with van der Waals surface area (Å²) in [5.41, 5.74) is 14.6. The molecule has 0 amide bonds. The number of aliphatic hydroxyl groups is 1. The smallest absolute Gasteiger partial charge is 0.123 e. The number of carbonyl (C=O) groups excluding carboxylic acids is 2. The van der Waals surface area contributed by atoms with Crippen LogP contribution in [-0.2, 0) is 22.6 Å². The first kappa shape index (κ1) is 30.8. The zero-order valence-electron chi connectivity index (χ0n) is 24.3. The number of nitrogens with one attached hydrogen (secondary N) is 1. The number of unbranched alkanes of at least 4 members (excludes halogenated alkanes) is 2. The van der Waals surface area contributed by atoms with E-state index in [-0.39, 0.29) is 5.92 Å². The molecule has 2 aromatic rings. The number of anilines is 2. The molecule has 2 aliphatic rings. The van der Waals surface area contributed by atoms with Gasteiger partial charge in [-0.25, -0.2) is 0 Å². The Hall–Kier alpha value is -2.70. The van der Waals surface area contributed by atoms with Crippen molar-refractivity contribution in [3.8, 4) is 0 Å². The van der Waals surface area contributed by atoms with E-state index in [9.17, 15) is 9.59 Å². The molecular weight excluding hydrogens is 486 g/mol. The van der Waals surface area contributed by atoms with E-state index in [1.807, 2.05) is 0 Å². The number of fused-ring (bicyclic) bond motifs is 1. The fraction of sp³-hybridized carbons (Fsp3) is 0.576. The Balaban J connectivity index is 0.00000205. The SMILES string of the molecule is CO.Cc1c(C(CC=O)c2ccc3c(c2)CN(C)CC3)ccc(NCCCCCC2CCC(C=O)CC2)c1N. The molecule has 0 spiro atoms. The normalized spacial score (nSPS) is 19.8. The van der Waals surface area contributed by atoms with Crippen LogP contribution in [0.25, 0.3) is 0 Å². The van der Waals surface area contributed by atoms with Gasteiger partial charge in [-0.15, -0.1) is 0 Å². The van der Waals surface area contributed by atoms with Gasteiger partial charge >= 0.3 is 0 Å². The Kier molecular flexibility index (Phi) is 12.5. The number of nitrogen functional groups attached to an aromatic ring is 1. The predicted molar refractivity (Wildman–Crippen MR) is 161 cm³/mol. The van der Waals surface area contributed by atoms with Crippen LogP contribution in [0.3, 0.4) is 0 Å². The molecule has 0 radical (unpaired) electrons. The lowest BCUT2D eigenvalue weighted by atomic mass is 9.80. The number of benzene rings is 2. The van der Waals surface area contributed by atoms with Gasteiger partial charge in [-0.1, -0.05) is 43.5 Å². The van der Waals surface area contributed by atoms with Crippen LogP contribution in [0, 0.1) is 18.8 Å². The van der Waals surface area contributed by atoms with Crippen molar-refractivity contribution in [1.82, 2.24) is 4.90 Å². The third-order valence-corrected chi connectivity index (χ3v) is 8.79. The lowest BCUT2D eigenvalue weighted by Crippen LogP contribution is -2.26. The summed E-state index contributed by atoms with van der Waals surface area (Å²) in [5, 5.41) is 10.6. The van der Waals surface area contributed by atoms with E-state index in [0.717, 1.165) is 93.4 Å². The largest absolute Gasteiger partial charge is 0.400 e. The Morgan fingerprint density at radius 1 is 1.05 bits per heavy atom. The van der Waals surface area contributed by atoms with Crippen LogP contribution >= 0.6 is 0 Å². The molecule has 1 aliphatic heterocycles. The molecule has 1 atom stereocenters. The lowest BCUT2D eigenvalue weighted by Gasteiger charge is -2.27. The molecule has 2 aromatic carbocycles. The first-order valence-electron chi connectivity index (χ1n) is 14.8. The van der Waals surface area contributed by atoms with E-state index in [1.54, 1.807) is 0 Å². The van der Waals surface area contributed by atoms with Gasteiger partial charge < -0.3 is 30.6 Å². The molecule has 0 saturated heterocycles. The molecule has 4 N–H and O–H groups in total. The van der Waals surface area contributed by atoms with Crippen molar-refractivity contribution >= 4 is 23.9 Å². The second-order valence-electron chi connectivity index (χ2n) is 11.4. The van der Waals surface area contributed by atoms with Crippen molar-refractivity contribution in [1.29, 1.82) is 0 Å². The highest BCUT2D eigenvalue weighted by Gasteiger charge is 2.22. The molecule has 214 valence electrons. The molecule has 1 unspecified atom stereocenters. The number of rotatable bonds is 12. The summed E-state index contributed by atoms with van der Waals surface area (Å²) in [6, 6.07) is 11.0. The van der Waals surface area contributed by atoms with Crippen LogP contribution in [-0.4, -0.2) is 49.8 Å². The molecule has 1 fully saturated rings. The lowest BCUT2D eigenvalue weighted by molar-refractivity contribution is -0.112. The minimum atomic E-state index is 0.0213. The Morgan fingerprint density at radius 2 is 1.82 bits per heavy atom. The van der Waals surface area contributed by atoms with Gasteiger partial charge in [-0.05, 0) is 92.3 Å². The van der Waals surface area contributed by atoms with Gasteiger partial charge in [0, 0.05) is 45.0 Å². The summed E-state index contributed by atoms with van der Waals surface area (Å²) in [5.74, 6) is 1.15. The average molecular weight is 536 g/mol. The fourth-order valence-corrected chi connectivity index (χ4v) is 6.32. The molecule has 0 aromatic heterocycles. The van der Waals surface area contributed by atoms with Gasteiger partial charge in [0.05, 0.1) is 11.4 Å². The molecule has 0 bridgehead atoms. The number of aldehydes is 2. The monoisotopic (exact) mass is 535 g/mol. The Morgan fingerprint density at radius 3 is 2.54 bits per heavy atom. The summed E-state index contributed by atoms with van der Waals surface area (Å²) < 4.78 is 0. The number of aliphatic hydroxyl groups excluding tert-OH is 1. The van der Waals surface area contributed by atoms with Crippen molar-refractivity contribution in [2.24, 2.45) is 11.8 Å². The topological polar surface area (TPSA) is 95.7 Å². The molecular formula is C33H49N3O3. The molecule has 6 heteroatoms. The number of hydrogen-bond acceptors (Lipinski definition) is 6. The number of nitrogens with zero attached hydrogens (tertiary/aromatic N) is 1. The van der Waals surface area contributed by atoms with Gasteiger partial charge in [0.15, 0.2) is 0 Å². The maximum atomic E-state index is 11.7. The van der Waals surface area contributed by atoms with Gasteiger partial charge in [0.1, 0.15) is 12.6 Å². The van der Waals surface area contributed by atoms with Crippen molar-refractivity contribution in [2.75, 3.05) is 38.3 Å². The highest BCUT2D eigenvalue weighted by atomic mass is 16.2. The van der Waals surface area contributed by atoms with E-state index < -0.39 is 0 Å². The first-order valence-corrected chi connectivity index (χ1v) is 14.8. The Bertz CT molecular complexity index is 1060. The van der Waals surface area contributed by atoms with E-state index >= 15 is 0 Å². The Labute approximate surface area is 235 Å². The van der Waals surface area contributed by atoms with Crippen LogP contribution in [0.15, 0.2) is 30.3 Å². The second kappa shape index (κ2) is 15.8. The molecule has 6 nitrogen and oxygen atoms in total. The maximum Gasteiger partial charge on any atom is 0.123 e. The summed E-state index contributed by atoms with van der Waals surface area (Å²) in [4.78, 5) is 24.9. The molecule has 39 heavy (non-hydrogen) atoms. The second-order valence-corrected chi connectivity index (χ2v) is 11.4. The van der Waals surface area contributed by atoms with E-state index in [2.05, 4.69) is 54.5 Å². The van der Waals surface area contributed by atoms with Crippen LogP contribution < -0.4 is 11.1 Å². The van der Waals surface area contributed by atoms with Crippen LogP contribution in [0.4, 0.5) is 11.4 Å². The summed E-state index contributed by atoms with van der Waals surface area (Å²) in [6.45, 7) is 5.05. The zero-order valence-corrected chi connectivity index (χ0v) is 24.3. The van der Waals surface area contributed by atoms with E-state index in [1.165, 1.54) is 48.8 Å². The molecule has 1 heterocycles. The quantitative estimate of drug-likeness (QED) is 0.179.